The number of benzene rings is 1. The fourth-order valence-corrected chi connectivity index (χ4v) is 1.75. The van der Waals surface area contributed by atoms with Crippen molar-refractivity contribution in [2.24, 2.45) is 0 Å². The Kier molecular flexibility index (Phi) is 1.77. The molecule has 1 heterocycles. The van der Waals surface area contributed by atoms with Crippen LogP contribution in [0.3, 0.4) is 0 Å². The van der Waals surface area contributed by atoms with E-state index < -0.39 is 0 Å². The molecule has 1 aromatic heterocycles. The summed E-state index contributed by atoms with van der Waals surface area (Å²) >= 11 is 2.27. The van der Waals surface area contributed by atoms with Gasteiger partial charge in [0.05, 0.1) is 0 Å². The maximum absolute atomic E-state index is 2.27. The molecule has 0 aliphatic carbocycles. The smallest absolute Gasteiger partial charge is 0.136 e. The van der Waals surface area contributed by atoms with E-state index in [0.29, 0.717) is 0 Å². The zero-order chi connectivity index (χ0) is 7.68. The van der Waals surface area contributed by atoms with Gasteiger partial charge in [0.1, 0.15) is 0 Å². The van der Waals surface area contributed by atoms with Crippen molar-refractivity contribution in [1.29, 1.82) is 0 Å². The van der Waals surface area contributed by atoms with Crippen molar-refractivity contribution in [3.8, 4) is 0 Å². The van der Waals surface area contributed by atoms with Crippen LogP contribution in [0.15, 0.2) is 42.6 Å². The number of halogens is 1. The first-order valence-corrected chi connectivity index (χ1v) is 4.40. The summed E-state index contributed by atoms with van der Waals surface area (Å²) in [7, 11) is 0. The summed E-state index contributed by atoms with van der Waals surface area (Å²) in [6.07, 6.45) is 2.04. The Bertz CT molecular complexity index is 379. The van der Waals surface area contributed by atoms with Crippen molar-refractivity contribution in [3.05, 3.63) is 42.6 Å². The monoisotopic (exact) mass is 256 g/mol. The molecule has 1 aromatic carbocycles. The van der Waals surface area contributed by atoms with Crippen LogP contribution < -0.4 is 2.78 Å². The van der Waals surface area contributed by atoms with Crippen molar-refractivity contribution in [1.82, 2.24) is 0 Å². The van der Waals surface area contributed by atoms with Crippen LogP contribution in [-0.4, -0.2) is 0 Å². The lowest BCUT2D eigenvalue weighted by molar-refractivity contribution is -0.407. The van der Waals surface area contributed by atoms with Gasteiger partial charge in [0.2, 0.25) is 5.52 Å². The van der Waals surface area contributed by atoms with Crippen LogP contribution in [0.4, 0.5) is 0 Å². The quantitative estimate of drug-likeness (QED) is 0.637. The van der Waals surface area contributed by atoms with Crippen LogP contribution in [0.5, 0.6) is 0 Å². The summed E-state index contributed by atoms with van der Waals surface area (Å²) in [5.74, 6) is 0. The molecule has 2 aromatic rings. The Morgan fingerprint density at radius 1 is 1.00 bits per heavy atom. The standard InChI is InChI=1S/C9H7IN/c10-11-7-3-5-8-4-1-2-6-9(8)11/h1-7H/q+1. The minimum Gasteiger partial charge on any atom is -0.136 e. The number of para-hydroxylation sites is 1. The predicted octanol–water partition coefficient (Wildman–Crippen LogP) is 2.33. The molecule has 0 amide bonds. The average Bonchev–Trinajstić information content (AvgIpc) is 2.06. The fraction of sp³-hybridized carbons (Fsp3) is 0. The third-order valence-electron chi connectivity index (χ3n) is 1.66. The third-order valence-corrected chi connectivity index (χ3v) is 2.50. The van der Waals surface area contributed by atoms with Crippen molar-refractivity contribution in [3.63, 3.8) is 0 Å². The summed E-state index contributed by atoms with van der Waals surface area (Å²) in [6, 6.07) is 12.5. The van der Waals surface area contributed by atoms with Crippen molar-refractivity contribution < 1.29 is 2.78 Å². The molecular weight excluding hydrogens is 249 g/mol. The number of hydrogen-bond donors (Lipinski definition) is 0. The van der Waals surface area contributed by atoms with Crippen LogP contribution >= 0.6 is 22.9 Å². The molecule has 2 heteroatoms. The maximum Gasteiger partial charge on any atom is 0.354 e. The average molecular weight is 256 g/mol. The van der Waals surface area contributed by atoms with E-state index in [4.69, 9.17) is 0 Å². The molecule has 0 N–H and O–H groups in total. The van der Waals surface area contributed by atoms with E-state index >= 15 is 0 Å². The molecule has 11 heavy (non-hydrogen) atoms. The number of rotatable bonds is 0. The second kappa shape index (κ2) is 2.77. The summed E-state index contributed by atoms with van der Waals surface area (Å²) < 4.78 is 2.09. The Morgan fingerprint density at radius 2 is 1.73 bits per heavy atom. The molecule has 0 saturated carbocycles. The Morgan fingerprint density at radius 3 is 2.55 bits per heavy atom. The molecule has 0 fully saturated rings. The second-order valence-corrected chi connectivity index (χ2v) is 3.42. The first-order valence-electron chi connectivity index (χ1n) is 3.43. The molecule has 0 bridgehead atoms. The normalized spacial score (nSPS) is 10.3. The highest BCUT2D eigenvalue weighted by Gasteiger charge is 2.01. The minimum absolute atomic E-state index is 1.26. The highest BCUT2D eigenvalue weighted by molar-refractivity contribution is 14.1. The van der Waals surface area contributed by atoms with E-state index in [9.17, 15) is 0 Å². The number of nitrogens with zero attached hydrogens (tertiary/aromatic N) is 1. The van der Waals surface area contributed by atoms with Gasteiger partial charge < -0.3 is 0 Å². The molecular formula is C9H7IN+. The van der Waals surface area contributed by atoms with Gasteiger partial charge in [0.25, 0.3) is 0 Å². The van der Waals surface area contributed by atoms with Gasteiger partial charge in [-0.25, -0.2) is 0 Å². The summed E-state index contributed by atoms with van der Waals surface area (Å²) in [5, 5.41) is 1.28. The zero-order valence-electron chi connectivity index (χ0n) is 5.87. The van der Waals surface area contributed by atoms with E-state index in [1.807, 2.05) is 6.20 Å². The van der Waals surface area contributed by atoms with Gasteiger partial charge in [-0.3, -0.25) is 0 Å². The second-order valence-electron chi connectivity index (χ2n) is 2.38. The lowest BCUT2D eigenvalue weighted by atomic mass is 10.2. The molecule has 0 aliphatic rings. The van der Waals surface area contributed by atoms with E-state index in [2.05, 4.69) is 62.0 Å². The van der Waals surface area contributed by atoms with Crippen molar-refractivity contribution >= 4 is 33.8 Å². The molecule has 0 spiro atoms. The fourth-order valence-electron chi connectivity index (χ4n) is 1.13. The van der Waals surface area contributed by atoms with E-state index in [0.717, 1.165) is 0 Å². The molecule has 54 valence electrons. The molecule has 0 unspecified atom stereocenters. The molecule has 2 rings (SSSR count). The minimum atomic E-state index is 1.26. The molecule has 1 nitrogen and oxygen atoms in total. The Labute approximate surface area is 79.2 Å². The Hall–Kier alpha value is -0.640. The van der Waals surface area contributed by atoms with Crippen molar-refractivity contribution in [2.45, 2.75) is 0 Å². The highest BCUT2D eigenvalue weighted by atomic mass is 127. The predicted molar refractivity (Wildman–Crippen MR) is 53.6 cm³/mol. The molecule has 0 atom stereocenters. The lowest BCUT2D eigenvalue weighted by Gasteiger charge is -1.90. The van der Waals surface area contributed by atoms with Gasteiger partial charge in [-0.05, 0) is 12.1 Å². The molecule has 0 aliphatic heterocycles. The van der Waals surface area contributed by atoms with Gasteiger partial charge in [0.15, 0.2) is 6.20 Å². The summed E-state index contributed by atoms with van der Waals surface area (Å²) in [5.41, 5.74) is 1.26. The SMILES string of the molecule is I[n+]1cccc2ccccc21. The van der Waals surface area contributed by atoms with Crippen molar-refractivity contribution in [2.75, 3.05) is 0 Å². The van der Waals surface area contributed by atoms with E-state index in [1.54, 1.807) is 0 Å². The van der Waals surface area contributed by atoms with E-state index in [-0.39, 0.29) is 0 Å². The van der Waals surface area contributed by atoms with Gasteiger partial charge >= 0.3 is 22.9 Å². The summed E-state index contributed by atoms with van der Waals surface area (Å²) in [4.78, 5) is 0. The van der Waals surface area contributed by atoms with Gasteiger partial charge in [-0.2, -0.15) is 0 Å². The van der Waals surface area contributed by atoms with E-state index in [1.165, 1.54) is 10.9 Å². The van der Waals surface area contributed by atoms with Crippen LogP contribution in [0.1, 0.15) is 0 Å². The van der Waals surface area contributed by atoms with Crippen LogP contribution in [0.25, 0.3) is 10.9 Å². The highest BCUT2D eigenvalue weighted by Crippen LogP contribution is 2.08. The number of hydrogen-bond acceptors (Lipinski definition) is 0. The number of pyridine rings is 1. The lowest BCUT2D eigenvalue weighted by Crippen LogP contribution is -2.18. The third kappa shape index (κ3) is 1.22. The van der Waals surface area contributed by atoms with Gasteiger partial charge in [-0.1, -0.05) is 12.1 Å². The molecule has 0 radical (unpaired) electrons. The maximum atomic E-state index is 2.27. The zero-order valence-corrected chi connectivity index (χ0v) is 8.02. The van der Waals surface area contributed by atoms with Gasteiger partial charge in [0, 0.05) is 17.5 Å². The first kappa shape index (κ1) is 7.03. The van der Waals surface area contributed by atoms with Crippen LogP contribution in [0, 0.1) is 0 Å². The van der Waals surface area contributed by atoms with Crippen LogP contribution in [-0.2, 0) is 0 Å². The first-order chi connectivity index (χ1) is 5.38. The number of aromatic nitrogens is 1. The molecule has 0 saturated heterocycles. The summed E-state index contributed by atoms with van der Waals surface area (Å²) in [6.45, 7) is 0. The largest absolute Gasteiger partial charge is 0.354 e. The topological polar surface area (TPSA) is 3.88 Å². The number of fused-ring (bicyclic) bond motifs is 1. The Balaban J connectivity index is 2.91. The van der Waals surface area contributed by atoms with Crippen LogP contribution in [0.2, 0.25) is 0 Å². The van der Waals surface area contributed by atoms with Gasteiger partial charge in [-0.15, -0.1) is 2.78 Å².